The Morgan fingerprint density at radius 3 is 2.67 bits per heavy atom. The average molecular weight is 316 g/mol. The van der Waals surface area contributed by atoms with Crippen LogP contribution in [0.1, 0.15) is 31.7 Å². The van der Waals surface area contributed by atoms with Crippen molar-refractivity contribution in [3.05, 3.63) is 34.1 Å². The minimum Gasteiger partial charge on any atom is -0.385 e. The molecule has 1 fully saturated rings. The Bertz CT molecular complexity index is 416. The molecule has 100 valence electrons. The fourth-order valence-corrected chi connectivity index (χ4v) is 2.95. The van der Waals surface area contributed by atoms with E-state index in [0.29, 0.717) is 18.4 Å². The van der Waals surface area contributed by atoms with E-state index in [-0.39, 0.29) is 5.82 Å². The number of nitrogens with zero attached hydrogens (tertiary/aromatic N) is 1. The Balaban J connectivity index is 2.15. The molecule has 18 heavy (non-hydrogen) atoms. The number of halogens is 2. The van der Waals surface area contributed by atoms with E-state index in [0.717, 1.165) is 30.5 Å². The number of benzene rings is 1. The van der Waals surface area contributed by atoms with Gasteiger partial charge in [0, 0.05) is 23.1 Å². The van der Waals surface area contributed by atoms with Gasteiger partial charge < -0.3 is 10.0 Å². The highest BCUT2D eigenvalue weighted by Crippen LogP contribution is 2.35. The largest absolute Gasteiger partial charge is 0.385 e. The maximum atomic E-state index is 13.9. The Hall–Kier alpha value is -0.450. The van der Waals surface area contributed by atoms with E-state index in [4.69, 9.17) is 0 Å². The number of aliphatic hydroxyl groups is 1. The fraction of sp³-hybridized carbons (Fsp3) is 0.571. The zero-order valence-corrected chi connectivity index (χ0v) is 12.2. The highest BCUT2D eigenvalue weighted by molar-refractivity contribution is 9.10. The predicted octanol–water partition coefficient (Wildman–Crippen LogP) is 3.28. The second kappa shape index (κ2) is 5.68. The SMILES string of the molecule is CCCN1CCC(O)(c2cc(Br)ccc2F)CC1. The Kier molecular flexibility index (Phi) is 4.41. The van der Waals surface area contributed by atoms with Gasteiger partial charge in [0.05, 0.1) is 5.60 Å². The molecule has 0 unspecified atom stereocenters. The summed E-state index contributed by atoms with van der Waals surface area (Å²) in [4.78, 5) is 2.32. The molecule has 1 N–H and O–H groups in total. The molecule has 0 saturated carbocycles. The van der Waals surface area contributed by atoms with E-state index in [2.05, 4.69) is 27.8 Å². The summed E-state index contributed by atoms with van der Waals surface area (Å²) in [6.45, 7) is 4.86. The molecule has 0 amide bonds. The van der Waals surface area contributed by atoms with Crippen LogP contribution in [-0.2, 0) is 5.60 Å². The van der Waals surface area contributed by atoms with Crippen LogP contribution in [0.3, 0.4) is 0 Å². The first-order valence-electron chi connectivity index (χ1n) is 6.45. The van der Waals surface area contributed by atoms with E-state index in [1.807, 2.05) is 0 Å². The molecule has 0 bridgehead atoms. The van der Waals surface area contributed by atoms with Crippen molar-refractivity contribution in [1.29, 1.82) is 0 Å². The Morgan fingerprint density at radius 1 is 1.39 bits per heavy atom. The van der Waals surface area contributed by atoms with E-state index < -0.39 is 5.60 Å². The monoisotopic (exact) mass is 315 g/mol. The number of hydrogen-bond acceptors (Lipinski definition) is 2. The van der Waals surface area contributed by atoms with Crippen molar-refractivity contribution >= 4 is 15.9 Å². The van der Waals surface area contributed by atoms with E-state index in [1.165, 1.54) is 6.07 Å². The van der Waals surface area contributed by atoms with Gasteiger partial charge in [-0.15, -0.1) is 0 Å². The molecule has 0 spiro atoms. The quantitative estimate of drug-likeness (QED) is 0.925. The average Bonchev–Trinajstić information content (AvgIpc) is 2.36. The van der Waals surface area contributed by atoms with Gasteiger partial charge in [-0.05, 0) is 44.0 Å². The molecule has 1 heterocycles. The highest BCUT2D eigenvalue weighted by Gasteiger charge is 2.35. The summed E-state index contributed by atoms with van der Waals surface area (Å²) in [5.74, 6) is -0.315. The lowest BCUT2D eigenvalue weighted by Crippen LogP contribution is -2.43. The number of rotatable bonds is 3. The van der Waals surface area contributed by atoms with Crippen molar-refractivity contribution in [3.63, 3.8) is 0 Å². The van der Waals surface area contributed by atoms with Crippen LogP contribution in [0.2, 0.25) is 0 Å². The molecular formula is C14H19BrFNO. The first kappa shape index (κ1) is 14.0. The Labute approximate surface area is 116 Å². The van der Waals surface area contributed by atoms with Crippen LogP contribution in [-0.4, -0.2) is 29.6 Å². The molecule has 1 saturated heterocycles. The molecule has 1 aliphatic rings. The standard InChI is InChI=1S/C14H19BrFNO/c1-2-7-17-8-5-14(18,6-9-17)12-10-11(15)3-4-13(12)16/h3-4,10,18H,2,5-9H2,1H3. The predicted molar refractivity (Wildman–Crippen MR) is 74.0 cm³/mol. The van der Waals surface area contributed by atoms with Crippen molar-refractivity contribution in [2.45, 2.75) is 31.8 Å². The van der Waals surface area contributed by atoms with Gasteiger partial charge in [-0.25, -0.2) is 4.39 Å². The molecule has 4 heteroatoms. The minimum atomic E-state index is -1.02. The lowest BCUT2D eigenvalue weighted by molar-refractivity contribution is -0.0283. The van der Waals surface area contributed by atoms with Crippen LogP contribution in [0, 0.1) is 5.82 Å². The number of likely N-dealkylation sites (tertiary alicyclic amines) is 1. The van der Waals surface area contributed by atoms with E-state index in [9.17, 15) is 9.50 Å². The van der Waals surface area contributed by atoms with Gasteiger partial charge in [-0.1, -0.05) is 22.9 Å². The maximum Gasteiger partial charge on any atom is 0.129 e. The van der Waals surface area contributed by atoms with E-state index >= 15 is 0 Å². The maximum absolute atomic E-state index is 13.9. The van der Waals surface area contributed by atoms with Gasteiger partial charge in [0.15, 0.2) is 0 Å². The molecule has 1 aromatic rings. The summed E-state index contributed by atoms with van der Waals surface area (Å²) < 4.78 is 14.7. The van der Waals surface area contributed by atoms with Gasteiger partial charge in [-0.2, -0.15) is 0 Å². The van der Waals surface area contributed by atoms with Crippen molar-refractivity contribution < 1.29 is 9.50 Å². The van der Waals surface area contributed by atoms with Crippen molar-refractivity contribution in [2.75, 3.05) is 19.6 Å². The summed E-state index contributed by atoms with van der Waals surface area (Å²) in [5.41, 5.74) is -0.592. The minimum absolute atomic E-state index is 0.315. The van der Waals surface area contributed by atoms with Gasteiger partial charge in [0.1, 0.15) is 5.82 Å². The topological polar surface area (TPSA) is 23.5 Å². The van der Waals surface area contributed by atoms with Gasteiger partial charge in [-0.3, -0.25) is 0 Å². The molecule has 1 aliphatic heterocycles. The third-order valence-electron chi connectivity index (χ3n) is 3.65. The van der Waals surface area contributed by atoms with Crippen LogP contribution in [0.5, 0.6) is 0 Å². The fourth-order valence-electron chi connectivity index (χ4n) is 2.59. The normalized spacial score (nSPS) is 20.0. The summed E-state index contributed by atoms with van der Waals surface area (Å²) in [7, 11) is 0. The highest BCUT2D eigenvalue weighted by atomic mass is 79.9. The zero-order chi connectivity index (χ0) is 13.2. The van der Waals surface area contributed by atoms with Crippen molar-refractivity contribution in [2.24, 2.45) is 0 Å². The smallest absolute Gasteiger partial charge is 0.129 e. The lowest BCUT2D eigenvalue weighted by atomic mass is 9.84. The van der Waals surface area contributed by atoms with Gasteiger partial charge in [0.2, 0.25) is 0 Å². The summed E-state index contributed by atoms with van der Waals surface area (Å²) in [6, 6.07) is 4.77. The van der Waals surface area contributed by atoms with Crippen molar-refractivity contribution in [3.8, 4) is 0 Å². The van der Waals surface area contributed by atoms with Gasteiger partial charge >= 0.3 is 0 Å². The zero-order valence-electron chi connectivity index (χ0n) is 10.6. The molecule has 1 aromatic carbocycles. The van der Waals surface area contributed by atoms with Crippen molar-refractivity contribution in [1.82, 2.24) is 4.90 Å². The molecule has 2 rings (SSSR count). The summed E-state index contributed by atoms with van der Waals surface area (Å²) in [5, 5.41) is 10.6. The molecule has 0 radical (unpaired) electrons. The third kappa shape index (κ3) is 2.92. The second-order valence-corrected chi connectivity index (χ2v) is 5.91. The molecule has 2 nitrogen and oxygen atoms in total. The Morgan fingerprint density at radius 2 is 2.06 bits per heavy atom. The van der Waals surface area contributed by atoms with Crippen LogP contribution < -0.4 is 0 Å². The molecular weight excluding hydrogens is 297 g/mol. The summed E-state index contributed by atoms with van der Waals surface area (Å²) in [6.07, 6.45) is 2.31. The van der Waals surface area contributed by atoms with Crippen LogP contribution in [0.4, 0.5) is 4.39 Å². The van der Waals surface area contributed by atoms with Crippen LogP contribution in [0.25, 0.3) is 0 Å². The summed E-state index contributed by atoms with van der Waals surface area (Å²) >= 11 is 3.34. The molecule has 0 aromatic heterocycles. The van der Waals surface area contributed by atoms with E-state index in [1.54, 1.807) is 12.1 Å². The third-order valence-corrected chi connectivity index (χ3v) is 4.15. The molecule has 0 atom stereocenters. The van der Waals surface area contributed by atoms with Crippen LogP contribution in [0.15, 0.2) is 22.7 Å². The number of piperidine rings is 1. The van der Waals surface area contributed by atoms with Crippen LogP contribution >= 0.6 is 15.9 Å². The molecule has 0 aliphatic carbocycles. The number of hydrogen-bond donors (Lipinski definition) is 1. The first-order chi connectivity index (χ1) is 8.55. The second-order valence-electron chi connectivity index (χ2n) is 5.00. The first-order valence-corrected chi connectivity index (χ1v) is 7.25. The lowest BCUT2D eigenvalue weighted by Gasteiger charge is -2.38. The van der Waals surface area contributed by atoms with Gasteiger partial charge in [0.25, 0.3) is 0 Å².